The standard InChI is InChI=1S/C11H18N4O2S/c1-6-8(14(3)4)10-9(12)11(18(5,16)17)13-15(10)7-2/h6-7H,2,12H2,1,3-5H3/b8-6+. The fourth-order valence-corrected chi connectivity index (χ4v) is 2.43. The normalized spacial score (nSPS) is 12.6. The Morgan fingerprint density at radius 1 is 1.50 bits per heavy atom. The highest BCUT2D eigenvalue weighted by molar-refractivity contribution is 7.90. The highest BCUT2D eigenvalue weighted by Gasteiger charge is 2.24. The SMILES string of the molecule is C=Cn1nc(S(C)(=O)=O)c(N)c1/C(=C\C)N(C)C. The smallest absolute Gasteiger partial charge is 0.200 e. The zero-order valence-electron chi connectivity index (χ0n) is 11.0. The molecule has 0 radical (unpaired) electrons. The van der Waals surface area contributed by atoms with Crippen molar-refractivity contribution in [2.24, 2.45) is 0 Å². The topological polar surface area (TPSA) is 81.2 Å². The van der Waals surface area contributed by atoms with Crippen LogP contribution in [0, 0.1) is 0 Å². The Morgan fingerprint density at radius 2 is 2.06 bits per heavy atom. The van der Waals surface area contributed by atoms with Crippen molar-refractivity contribution in [1.82, 2.24) is 14.7 Å². The van der Waals surface area contributed by atoms with Crippen LogP contribution in [0.25, 0.3) is 11.9 Å². The van der Waals surface area contributed by atoms with Crippen LogP contribution in [0.2, 0.25) is 0 Å². The summed E-state index contributed by atoms with van der Waals surface area (Å²) in [7, 11) is 0.222. The van der Waals surface area contributed by atoms with E-state index in [0.29, 0.717) is 5.69 Å². The van der Waals surface area contributed by atoms with Crippen LogP contribution >= 0.6 is 0 Å². The molecule has 6 nitrogen and oxygen atoms in total. The van der Waals surface area contributed by atoms with Crippen LogP contribution in [-0.4, -0.2) is 43.4 Å². The number of sulfone groups is 1. The van der Waals surface area contributed by atoms with E-state index in [0.717, 1.165) is 12.0 Å². The molecule has 0 atom stereocenters. The van der Waals surface area contributed by atoms with E-state index in [1.807, 2.05) is 32.0 Å². The van der Waals surface area contributed by atoms with Crippen molar-refractivity contribution >= 4 is 27.4 Å². The van der Waals surface area contributed by atoms with Gasteiger partial charge >= 0.3 is 0 Å². The van der Waals surface area contributed by atoms with Gasteiger partial charge in [0.05, 0.1) is 11.4 Å². The highest BCUT2D eigenvalue weighted by Crippen LogP contribution is 2.29. The summed E-state index contributed by atoms with van der Waals surface area (Å²) in [6.45, 7) is 5.45. The summed E-state index contributed by atoms with van der Waals surface area (Å²) < 4.78 is 24.6. The Morgan fingerprint density at radius 3 is 2.39 bits per heavy atom. The van der Waals surface area contributed by atoms with Gasteiger partial charge in [-0.25, -0.2) is 13.1 Å². The molecule has 7 heteroatoms. The molecule has 0 aliphatic rings. The third-order valence-corrected chi connectivity index (χ3v) is 3.44. The van der Waals surface area contributed by atoms with E-state index in [4.69, 9.17) is 5.73 Å². The number of nitrogens with two attached hydrogens (primary N) is 1. The fraction of sp³-hybridized carbons (Fsp3) is 0.364. The number of nitrogens with zero attached hydrogens (tertiary/aromatic N) is 3. The first-order valence-corrected chi connectivity index (χ1v) is 7.17. The lowest BCUT2D eigenvalue weighted by molar-refractivity contribution is 0.584. The van der Waals surface area contributed by atoms with Crippen LogP contribution in [0.5, 0.6) is 0 Å². The van der Waals surface area contributed by atoms with Crippen LogP contribution in [0.3, 0.4) is 0 Å². The van der Waals surface area contributed by atoms with Gasteiger partial charge in [-0.15, -0.1) is 0 Å². The Balaban J connectivity index is 3.65. The number of rotatable bonds is 4. The predicted octanol–water partition coefficient (Wildman–Crippen LogP) is 0.892. The molecule has 18 heavy (non-hydrogen) atoms. The predicted molar refractivity (Wildman–Crippen MR) is 73.5 cm³/mol. The summed E-state index contributed by atoms with van der Waals surface area (Å²) >= 11 is 0. The molecule has 0 spiro atoms. The number of aromatic nitrogens is 2. The molecule has 1 heterocycles. The lowest BCUT2D eigenvalue weighted by Gasteiger charge is -2.17. The summed E-state index contributed by atoms with van der Waals surface area (Å²) in [4.78, 5) is 1.83. The van der Waals surface area contributed by atoms with Crippen LogP contribution in [-0.2, 0) is 9.84 Å². The Kier molecular flexibility index (Phi) is 3.85. The number of allylic oxidation sites excluding steroid dienone is 1. The number of nitrogen functional groups attached to an aromatic ring is 1. The molecule has 0 bridgehead atoms. The largest absolute Gasteiger partial charge is 0.395 e. The van der Waals surface area contributed by atoms with Gasteiger partial charge in [0.1, 0.15) is 5.69 Å². The van der Waals surface area contributed by atoms with Crippen molar-refractivity contribution in [3.8, 4) is 0 Å². The zero-order chi connectivity index (χ0) is 14.1. The molecule has 0 fully saturated rings. The van der Waals surface area contributed by atoms with Gasteiger partial charge in [-0.2, -0.15) is 5.10 Å². The third-order valence-electron chi connectivity index (χ3n) is 2.44. The van der Waals surface area contributed by atoms with E-state index < -0.39 is 9.84 Å². The first kappa shape index (κ1) is 14.3. The minimum Gasteiger partial charge on any atom is -0.395 e. The van der Waals surface area contributed by atoms with Crippen LogP contribution in [0.1, 0.15) is 12.6 Å². The maximum atomic E-state index is 11.6. The van der Waals surface area contributed by atoms with E-state index in [2.05, 4.69) is 11.7 Å². The molecule has 0 saturated heterocycles. The van der Waals surface area contributed by atoms with Gasteiger partial charge in [0.2, 0.25) is 5.03 Å². The molecule has 0 aliphatic carbocycles. The van der Waals surface area contributed by atoms with E-state index in [-0.39, 0.29) is 10.7 Å². The summed E-state index contributed by atoms with van der Waals surface area (Å²) in [5, 5.41) is 3.84. The summed E-state index contributed by atoms with van der Waals surface area (Å²) in [5.41, 5.74) is 7.34. The molecular weight excluding hydrogens is 252 g/mol. The third kappa shape index (κ3) is 2.40. The average molecular weight is 270 g/mol. The number of hydrogen-bond donors (Lipinski definition) is 1. The maximum Gasteiger partial charge on any atom is 0.200 e. The van der Waals surface area contributed by atoms with Gasteiger partial charge in [0.25, 0.3) is 0 Å². The second kappa shape index (κ2) is 4.85. The monoisotopic (exact) mass is 270 g/mol. The second-order valence-corrected chi connectivity index (χ2v) is 5.97. The summed E-state index contributed by atoms with van der Waals surface area (Å²) in [6.07, 6.45) is 4.33. The maximum absolute atomic E-state index is 11.6. The van der Waals surface area contributed by atoms with Gasteiger partial charge in [-0.3, -0.25) is 0 Å². The molecule has 1 aromatic rings. The lowest BCUT2D eigenvalue weighted by atomic mass is 10.2. The summed E-state index contributed by atoms with van der Waals surface area (Å²) in [6, 6.07) is 0. The first-order valence-electron chi connectivity index (χ1n) is 5.28. The summed E-state index contributed by atoms with van der Waals surface area (Å²) in [5.74, 6) is 0. The van der Waals surface area contributed by atoms with Crippen LogP contribution in [0.15, 0.2) is 17.7 Å². The quantitative estimate of drug-likeness (QED) is 0.878. The molecular formula is C11H18N4O2S. The van der Waals surface area contributed by atoms with Crippen molar-refractivity contribution in [3.05, 3.63) is 18.3 Å². The van der Waals surface area contributed by atoms with E-state index in [1.54, 1.807) is 0 Å². The van der Waals surface area contributed by atoms with E-state index in [1.165, 1.54) is 10.9 Å². The van der Waals surface area contributed by atoms with Crippen LogP contribution < -0.4 is 5.73 Å². The minimum atomic E-state index is -3.46. The first-order chi connectivity index (χ1) is 8.23. The van der Waals surface area contributed by atoms with Gasteiger partial charge in [-0.1, -0.05) is 12.7 Å². The lowest BCUT2D eigenvalue weighted by Crippen LogP contribution is -2.13. The number of anilines is 1. The van der Waals surface area contributed by atoms with Crippen molar-refractivity contribution in [2.75, 3.05) is 26.1 Å². The molecule has 0 saturated carbocycles. The van der Waals surface area contributed by atoms with Gasteiger partial charge < -0.3 is 10.6 Å². The van der Waals surface area contributed by atoms with Gasteiger partial charge in [0, 0.05) is 26.6 Å². The highest BCUT2D eigenvalue weighted by atomic mass is 32.2. The molecule has 0 amide bonds. The number of hydrogen-bond acceptors (Lipinski definition) is 5. The zero-order valence-corrected chi connectivity index (χ0v) is 11.8. The Labute approximate surface area is 107 Å². The van der Waals surface area contributed by atoms with Crippen molar-refractivity contribution in [3.63, 3.8) is 0 Å². The molecule has 0 aliphatic heterocycles. The molecule has 100 valence electrons. The Bertz CT molecular complexity index is 597. The molecule has 0 aromatic carbocycles. The molecule has 1 aromatic heterocycles. The van der Waals surface area contributed by atoms with Gasteiger partial charge in [0.15, 0.2) is 9.84 Å². The second-order valence-electron chi connectivity index (χ2n) is 4.04. The van der Waals surface area contributed by atoms with Crippen molar-refractivity contribution in [1.29, 1.82) is 0 Å². The van der Waals surface area contributed by atoms with E-state index >= 15 is 0 Å². The van der Waals surface area contributed by atoms with Gasteiger partial charge in [-0.05, 0) is 6.92 Å². The van der Waals surface area contributed by atoms with E-state index in [9.17, 15) is 8.42 Å². The minimum absolute atomic E-state index is 0.126. The van der Waals surface area contributed by atoms with Crippen molar-refractivity contribution < 1.29 is 8.42 Å². The van der Waals surface area contributed by atoms with Crippen molar-refractivity contribution in [2.45, 2.75) is 11.9 Å². The molecule has 2 N–H and O–H groups in total. The fourth-order valence-electron chi connectivity index (χ4n) is 1.69. The Hall–Kier alpha value is -1.76. The molecule has 1 rings (SSSR count). The average Bonchev–Trinajstić information content (AvgIpc) is 2.57. The molecule has 0 unspecified atom stereocenters. The van der Waals surface area contributed by atoms with Crippen LogP contribution in [0.4, 0.5) is 5.69 Å².